The third-order valence-electron chi connectivity index (χ3n) is 3.61. The van der Waals surface area contributed by atoms with E-state index in [1.54, 1.807) is 0 Å². The van der Waals surface area contributed by atoms with Crippen LogP contribution in [0.25, 0.3) is 0 Å². The highest BCUT2D eigenvalue weighted by Gasteiger charge is 2.42. The van der Waals surface area contributed by atoms with Gasteiger partial charge in [-0.1, -0.05) is 12.1 Å². The molecule has 0 bridgehead atoms. The van der Waals surface area contributed by atoms with Crippen molar-refractivity contribution in [3.63, 3.8) is 0 Å². The Bertz CT molecular complexity index is 390. The minimum atomic E-state index is -0.389. The maximum atomic E-state index is 6.45. The molecule has 0 radical (unpaired) electrons. The lowest BCUT2D eigenvalue weighted by Gasteiger charge is -2.36. The predicted octanol–water partition coefficient (Wildman–Crippen LogP) is 2.02. The van der Waals surface area contributed by atoms with Crippen LogP contribution in [0.2, 0.25) is 0 Å². The Morgan fingerprint density at radius 2 is 2.31 bits per heavy atom. The molecule has 2 heterocycles. The molecule has 2 fully saturated rings. The van der Waals surface area contributed by atoms with Crippen LogP contribution in [0.15, 0.2) is 4.52 Å². The number of nitrogens with two attached hydrogens (primary N) is 1. The summed E-state index contributed by atoms with van der Waals surface area (Å²) in [4.78, 5) is 4.50. The second-order valence-electron chi connectivity index (χ2n) is 4.89. The van der Waals surface area contributed by atoms with Crippen molar-refractivity contribution in [3.05, 3.63) is 11.7 Å². The fourth-order valence-corrected chi connectivity index (χ4v) is 3.38. The van der Waals surface area contributed by atoms with Crippen LogP contribution in [0, 0.1) is 0 Å². The molecule has 5 heteroatoms. The van der Waals surface area contributed by atoms with Gasteiger partial charge in [-0.25, -0.2) is 0 Å². The van der Waals surface area contributed by atoms with Crippen molar-refractivity contribution in [3.8, 4) is 0 Å². The molecule has 1 aliphatic heterocycles. The fraction of sp³-hybridized carbons (Fsp3) is 0.818. The van der Waals surface area contributed by atoms with Crippen LogP contribution in [0.1, 0.15) is 50.2 Å². The van der Waals surface area contributed by atoms with Gasteiger partial charge in [0.25, 0.3) is 0 Å². The molecule has 2 N–H and O–H groups in total. The normalized spacial score (nSPS) is 35.2. The first-order valence-corrected chi connectivity index (χ1v) is 6.99. The number of aromatic nitrogens is 2. The van der Waals surface area contributed by atoms with E-state index in [1.807, 2.05) is 11.8 Å². The monoisotopic (exact) mass is 239 g/mol. The molecule has 0 spiro atoms. The Morgan fingerprint density at radius 3 is 3.00 bits per heavy atom. The van der Waals surface area contributed by atoms with Gasteiger partial charge in [0, 0.05) is 11.2 Å². The first kappa shape index (κ1) is 10.6. The van der Waals surface area contributed by atoms with E-state index in [4.69, 9.17) is 10.3 Å². The van der Waals surface area contributed by atoms with Crippen molar-refractivity contribution in [2.24, 2.45) is 5.73 Å². The van der Waals surface area contributed by atoms with Gasteiger partial charge in [-0.3, -0.25) is 0 Å². The molecule has 2 unspecified atom stereocenters. The first-order chi connectivity index (χ1) is 7.70. The van der Waals surface area contributed by atoms with Crippen LogP contribution in [0.4, 0.5) is 0 Å². The maximum Gasteiger partial charge on any atom is 0.229 e. The average molecular weight is 239 g/mol. The van der Waals surface area contributed by atoms with Crippen molar-refractivity contribution in [1.29, 1.82) is 0 Å². The molecule has 1 aromatic rings. The zero-order valence-corrected chi connectivity index (χ0v) is 10.3. The predicted molar refractivity (Wildman–Crippen MR) is 63.3 cm³/mol. The van der Waals surface area contributed by atoms with Crippen LogP contribution in [-0.4, -0.2) is 21.1 Å². The smallest absolute Gasteiger partial charge is 0.229 e. The number of hydrogen-bond acceptors (Lipinski definition) is 5. The van der Waals surface area contributed by atoms with Crippen molar-refractivity contribution in [2.45, 2.75) is 49.3 Å². The van der Waals surface area contributed by atoms with Gasteiger partial charge >= 0.3 is 0 Å². The van der Waals surface area contributed by atoms with Crippen LogP contribution < -0.4 is 5.73 Å². The molecule has 0 amide bonds. The summed E-state index contributed by atoms with van der Waals surface area (Å²) in [7, 11) is 0. The van der Waals surface area contributed by atoms with Crippen molar-refractivity contribution < 1.29 is 4.52 Å². The molecule has 88 valence electrons. The Hall–Kier alpha value is -0.550. The molecule has 2 atom stereocenters. The number of nitrogens with zero attached hydrogens (tertiary/aromatic N) is 2. The van der Waals surface area contributed by atoms with Gasteiger partial charge < -0.3 is 10.3 Å². The Balaban J connectivity index is 1.87. The van der Waals surface area contributed by atoms with Gasteiger partial charge in [-0.2, -0.15) is 16.7 Å². The third kappa shape index (κ3) is 1.66. The van der Waals surface area contributed by atoms with Gasteiger partial charge in [0.1, 0.15) is 0 Å². The Kier molecular flexibility index (Phi) is 2.47. The minimum absolute atomic E-state index is 0.367. The summed E-state index contributed by atoms with van der Waals surface area (Å²) in [6, 6.07) is 0. The Morgan fingerprint density at radius 1 is 1.50 bits per heavy atom. The van der Waals surface area contributed by atoms with Gasteiger partial charge in [0.2, 0.25) is 5.89 Å². The fourth-order valence-electron chi connectivity index (χ4n) is 2.19. The van der Waals surface area contributed by atoms with E-state index >= 15 is 0 Å². The van der Waals surface area contributed by atoms with Gasteiger partial charge in [0.05, 0.1) is 5.54 Å². The lowest BCUT2D eigenvalue weighted by Crippen LogP contribution is -2.48. The number of thioether (sulfide) groups is 1. The molecule has 1 aliphatic carbocycles. The van der Waals surface area contributed by atoms with E-state index in [9.17, 15) is 0 Å². The molecule has 1 saturated carbocycles. The van der Waals surface area contributed by atoms with Crippen LogP contribution >= 0.6 is 11.8 Å². The molecule has 3 rings (SSSR count). The summed E-state index contributed by atoms with van der Waals surface area (Å²) in [5.41, 5.74) is 6.06. The zero-order valence-electron chi connectivity index (χ0n) is 9.48. The third-order valence-corrected chi connectivity index (χ3v) is 5.06. The lowest BCUT2D eigenvalue weighted by molar-refractivity contribution is 0.327. The van der Waals surface area contributed by atoms with Crippen molar-refractivity contribution in [1.82, 2.24) is 10.1 Å². The van der Waals surface area contributed by atoms with E-state index in [0.29, 0.717) is 17.0 Å². The van der Waals surface area contributed by atoms with E-state index in [1.165, 1.54) is 18.6 Å². The van der Waals surface area contributed by atoms with Crippen LogP contribution in [0.5, 0.6) is 0 Å². The molecule has 2 aliphatic rings. The number of hydrogen-bond donors (Lipinski definition) is 1. The highest BCUT2D eigenvalue weighted by atomic mass is 32.2. The van der Waals surface area contributed by atoms with Crippen LogP contribution in [0.3, 0.4) is 0 Å². The standard InChI is InChI=1S/C11H17N3OS/c1-7-11(12,5-2-6-16-7)10-13-9(15-14-10)8-3-4-8/h7-8H,2-6,12H2,1H3. The quantitative estimate of drug-likeness (QED) is 0.855. The molecular formula is C11H17N3OS. The summed E-state index contributed by atoms with van der Waals surface area (Å²) in [6.07, 6.45) is 4.47. The molecular weight excluding hydrogens is 222 g/mol. The van der Waals surface area contributed by atoms with Gasteiger partial charge in [-0.05, 0) is 31.4 Å². The summed E-state index contributed by atoms with van der Waals surface area (Å²) >= 11 is 1.91. The average Bonchev–Trinajstić information content (AvgIpc) is 3.01. The van der Waals surface area contributed by atoms with E-state index in [-0.39, 0.29) is 5.54 Å². The summed E-state index contributed by atoms with van der Waals surface area (Å²) in [5, 5.41) is 4.47. The van der Waals surface area contributed by atoms with E-state index < -0.39 is 0 Å². The minimum Gasteiger partial charge on any atom is -0.339 e. The second kappa shape index (κ2) is 3.74. The molecule has 4 nitrogen and oxygen atoms in total. The van der Waals surface area contributed by atoms with Crippen molar-refractivity contribution in [2.75, 3.05) is 5.75 Å². The van der Waals surface area contributed by atoms with Gasteiger partial charge in [-0.15, -0.1) is 0 Å². The zero-order chi connectivity index (χ0) is 11.2. The lowest BCUT2D eigenvalue weighted by atomic mass is 9.90. The summed E-state index contributed by atoms with van der Waals surface area (Å²) < 4.78 is 5.30. The van der Waals surface area contributed by atoms with Gasteiger partial charge in [0.15, 0.2) is 5.82 Å². The second-order valence-corrected chi connectivity index (χ2v) is 6.34. The summed E-state index contributed by atoms with van der Waals surface area (Å²) in [6.45, 7) is 2.16. The molecule has 1 aromatic heterocycles. The SMILES string of the molecule is CC1SCCCC1(N)c1noc(C2CC2)n1. The topological polar surface area (TPSA) is 64.9 Å². The largest absolute Gasteiger partial charge is 0.339 e. The molecule has 16 heavy (non-hydrogen) atoms. The first-order valence-electron chi connectivity index (χ1n) is 5.95. The highest BCUT2D eigenvalue weighted by Crippen LogP contribution is 2.42. The maximum absolute atomic E-state index is 6.45. The highest BCUT2D eigenvalue weighted by molar-refractivity contribution is 8.00. The van der Waals surface area contributed by atoms with Crippen molar-refractivity contribution >= 4 is 11.8 Å². The van der Waals surface area contributed by atoms with Crippen LogP contribution in [-0.2, 0) is 5.54 Å². The Labute approximate surface area is 99.4 Å². The molecule has 1 saturated heterocycles. The molecule has 0 aromatic carbocycles. The van der Waals surface area contributed by atoms with E-state index in [2.05, 4.69) is 17.1 Å². The number of rotatable bonds is 2. The van der Waals surface area contributed by atoms with E-state index in [0.717, 1.165) is 18.7 Å². The summed E-state index contributed by atoms with van der Waals surface area (Å²) in [5.74, 6) is 3.21.